The first-order chi connectivity index (χ1) is 9.78. The number of carbonyl (C=O) groups excluding carboxylic acids is 1. The van der Waals surface area contributed by atoms with Crippen molar-refractivity contribution in [1.82, 2.24) is 0 Å². The summed E-state index contributed by atoms with van der Waals surface area (Å²) in [6.45, 7) is 2.77. The van der Waals surface area contributed by atoms with Gasteiger partial charge in [-0.1, -0.05) is 13.0 Å². The van der Waals surface area contributed by atoms with Crippen LogP contribution in [0.25, 0.3) is 0 Å². The third-order valence-corrected chi connectivity index (χ3v) is 3.18. The fourth-order valence-corrected chi connectivity index (χ4v) is 2.12. The molecule has 4 nitrogen and oxygen atoms in total. The molecule has 1 aliphatic rings. The SMILES string of the molecule is CCCC(=O)Nc1cccc(NCC2CCC=CO2)c1. The Balaban J connectivity index is 1.85. The Morgan fingerprint density at radius 2 is 2.25 bits per heavy atom. The molecule has 1 unspecified atom stereocenters. The van der Waals surface area contributed by atoms with E-state index in [1.165, 1.54) is 0 Å². The fourth-order valence-electron chi connectivity index (χ4n) is 2.12. The van der Waals surface area contributed by atoms with Crippen LogP contribution in [-0.2, 0) is 9.53 Å². The minimum atomic E-state index is 0.0606. The molecule has 108 valence electrons. The number of benzene rings is 1. The van der Waals surface area contributed by atoms with Crippen LogP contribution in [0.3, 0.4) is 0 Å². The first-order valence-corrected chi connectivity index (χ1v) is 7.22. The number of allylic oxidation sites excluding steroid dienone is 1. The molecule has 1 aromatic carbocycles. The lowest BCUT2D eigenvalue weighted by Crippen LogP contribution is -2.23. The van der Waals surface area contributed by atoms with Crippen LogP contribution >= 0.6 is 0 Å². The third kappa shape index (κ3) is 4.61. The highest BCUT2D eigenvalue weighted by atomic mass is 16.5. The number of nitrogens with one attached hydrogen (secondary N) is 2. The normalized spacial score (nSPS) is 17.4. The van der Waals surface area contributed by atoms with Crippen molar-refractivity contribution in [3.05, 3.63) is 36.6 Å². The molecule has 1 heterocycles. The Bertz CT molecular complexity index is 471. The molecule has 0 saturated carbocycles. The van der Waals surface area contributed by atoms with Gasteiger partial charge >= 0.3 is 0 Å². The monoisotopic (exact) mass is 274 g/mol. The molecule has 1 atom stereocenters. The van der Waals surface area contributed by atoms with Crippen LogP contribution in [0.1, 0.15) is 32.6 Å². The summed E-state index contributed by atoms with van der Waals surface area (Å²) in [7, 11) is 0. The van der Waals surface area contributed by atoms with Gasteiger partial charge in [0.15, 0.2) is 0 Å². The maximum Gasteiger partial charge on any atom is 0.224 e. The minimum absolute atomic E-state index is 0.0606. The molecule has 0 aliphatic carbocycles. The topological polar surface area (TPSA) is 50.4 Å². The highest BCUT2D eigenvalue weighted by Crippen LogP contribution is 2.17. The Morgan fingerprint density at radius 3 is 3.00 bits per heavy atom. The summed E-state index contributed by atoms with van der Waals surface area (Å²) in [6, 6.07) is 7.78. The van der Waals surface area contributed by atoms with E-state index in [-0.39, 0.29) is 12.0 Å². The largest absolute Gasteiger partial charge is 0.497 e. The maximum absolute atomic E-state index is 11.6. The van der Waals surface area contributed by atoms with Gasteiger partial charge in [0, 0.05) is 17.8 Å². The lowest BCUT2D eigenvalue weighted by molar-refractivity contribution is -0.116. The first kappa shape index (κ1) is 14.4. The summed E-state index contributed by atoms with van der Waals surface area (Å²) in [5.41, 5.74) is 1.83. The Labute approximate surface area is 120 Å². The molecule has 20 heavy (non-hydrogen) atoms. The summed E-state index contributed by atoms with van der Waals surface area (Å²) in [4.78, 5) is 11.6. The van der Waals surface area contributed by atoms with Crippen molar-refractivity contribution in [2.75, 3.05) is 17.2 Å². The van der Waals surface area contributed by atoms with E-state index in [1.807, 2.05) is 37.3 Å². The van der Waals surface area contributed by atoms with Crippen LogP contribution in [0, 0.1) is 0 Å². The Kier molecular flexibility index (Phi) is 5.47. The number of hydrogen-bond acceptors (Lipinski definition) is 3. The van der Waals surface area contributed by atoms with Crippen LogP contribution in [0.5, 0.6) is 0 Å². The van der Waals surface area contributed by atoms with Gasteiger partial charge in [-0.25, -0.2) is 0 Å². The van der Waals surface area contributed by atoms with Crippen molar-refractivity contribution in [3.63, 3.8) is 0 Å². The molecular formula is C16H22N2O2. The van der Waals surface area contributed by atoms with Crippen LogP contribution < -0.4 is 10.6 Å². The predicted molar refractivity (Wildman–Crippen MR) is 81.7 cm³/mol. The standard InChI is InChI=1S/C16H22N2O2/c1-2-6-16(19)18-14-8-5-7-13(11-14)17-12-15-9-3-4-10-20-15/h4-5,7-8,10-11,15,17H,2-3,6,9,12H2,1H3,(H,18,19). The van der Waals surface area contributed by atoms with E-state index in [2.05, 4.69) is 10.6 Å². The van der Waals surface area contributed by atoms with Crippen LogP contribution in [0.2, 0.25) is 0 Å². The Morgan fingerprint density at radius 1 is 1.40 bits per heavy atom. The highest BCUT2D eigenvalue weighted by molar-refractivity contribution is 5.91. The molecule has 0 spiro atoms. The Hall–Kier alpha value is -1.97. The fraction of sp³-hybridized carbons (Fsp3) is 0.438. The van der Waals surface area contributed by atoms with E-state index >= 15 is 0 Å². The summed E-state index contributed by atoms with van der Waals surface area (Å²) in [5, 5.41) is 6.25. The van der Waals surface area contributed by atoms with Gasteiger partial charge in [-0.15, -0.1) is 0 Å². The maximum atomic E-state index is 11.6. The molecule has 2 rings (SSSR count). The van der Waals surface area contributed by atoms with Crippen molar-refractivity contribution in [3.8, 4) is 0 Å². The second-order valence-corrected chi connectivity index (χ2v) is 4.97. The van der Waals surface area contributed by atoms with Gasteiger partial charge in [0.2, 0.25) is 5.91 Å². The van der Waals surface area contributed by atoms with Crippen LogP contribution in [0.4, 0.5) is 11.4 Å². The number of anilines is 2. The van der Waals surface area contributed by atoms with E-state index in [1.54, 1.807) is 6.26 Å². The average Bonchev–Trinajstić information content (AvgIpc) is 2.47. The van der Waals surface area contributed by atoms with E-state index in [0.29, 0.717) is 6.42 Å². The zero-order valence-electron chi connectivity index (χ0n) is 11.9. The highest BCUT2D eigenvalue weighted by Gasteiger charge is 2.10. The lowest BCUT2D eigenvalue weighted by Gasteiger charge is -2.20. The first-order valence-electron chi connectivity index (χ1n) is 7.22. The lowest BCUT2D eigenvalue weighted by atomic mass is 10.1. The molecule has 0 bridgehead atoms. The molecule has 0 saturated heterocycles. The van der Waals surface area contributed by atoms with Gasteiger partial charge in [0.1, 0.15) is 6.10 Å². The molecule has 4 heteroatoms. The molecule has 2 N–H and O–H groups in total. The van der Waals surface area contributed by atoms with E-state index in [9.17, 15) is 4.79 Å². The zero-order chi connectivity index (χ0) is 14.2. The van der Waals surface area contributed by atoms with Gasteiger partial charge in [-0.2, -0.15) is 0 Å². The van der Waals surface area contributed by atoms with Gasteiger partial charge in [-0.3, -0.25) is 4.79 Å². The molecule has 0 radical (unpaired) electrons. The van der Waals surface area contributed by atoms with E-state index < -0.39 is 0 Å². The molecule has 0 aromatic heterocycles. The van der Waals surface area contributed by atoms with Crippen molar-refractivity contribution >= 4 is 17.3 Å². The summed E-state index contributed by atoms with van der Waals surface area (Å²) >= 11 is 0. The zero-order valence-corrected chi connectivity index (χ0v) is 11.9. The molecule has 1 amide bonds. The van der Waals surface area contributed by atoms with Gasteiger partial charge in [0.25, 0.3) is 0 Å². The average molecular weight is 274 g/mol. The molecule has 1 aliphatic heterocycles. The number of hydrogen-bond donors (Lipinski definition) is 2. The molecule has 1 aromatic rings. The van der Waals surface area contributed by atoms with Gasteiger partial charge in [-0.05, 0) is 43.5 Å². The van der Waals surface area contributed by atoms with Crippen LogP contribution in [0.15, 0.2) is 36.6 Å². The van der Waals surface area contributed by atoms with Crippen molar-refractivity contribution in [1.29, 1.82) is 0 Å². The number of carbonyl (C=O) groups is 1. The van der Waals surface area contributed by atoms with Crippen LogP contribution in [-0.4, -0.2) is 18.6 Å². The van der Waals surface area contributed by atoms with Crippen molar-refractivity contribution < 1.29 is 9.53 Å². The minimum Gasteiger partial charge on any atom is -0.497 e. The second kappa shape index (κ2) is 7.58. The molecular weight excluding hydrogens is 252 g/mol. The van der Waals surface area contributed by atoms with E-state index in [4.69, 9.17) is 4.74 Å². The summed E-state index contributed by atoms with van der Waals surface area (Å²) in [5.74, 6) is 0.0606. The summed E-state index contributed by atoms with van der Waals surface area (Å²) in [6.07, 6.45) is 7.56. The second-order valence-electron chi connectivity index (χ2n) is 4.97. The predicted octanol–water partition coefficient (Wildman–Crippen LogP) is 3.53. The van der Waals surface area contributed by atoms with Gasteiger partial charge in [0.05, 0.1) is 12.8 Å². The smallest absolute Gasteiger partial charge is 0.224 e. The van der Waals surface area contributed by atoms with Crippen molar-refractivity contribution in [2.45, 2.75) is 38.7 Å². The summed E-state index contributed by atoms with van der Waals surface area (Å²) < 4.78 is 5.51. The number of rotatable bonds is 6. The quantitative estimate of drug-likeness (QED) is 0.834. The third-order valence-electron chi connectivity index (χ3n) is 3.18. The van der Waals surface area contributed by atoms with Crippen molar-refractivity contribution in [2.24, 2.45) is 0 Å². The van der Waals surface area contributed by atoms with Gasteiger partial charge < -0.3 is 15.4 Å². The number of amides is 1. The number of ether oxygens (including phenoxy) is 1. The van der Waals surface area contributed by atoms with E-state index in [0.717, 1.165) is 37.2 Å². The molecule has 0 fully saturated rings.